The predicted molar refractivity (Wildman–Crippen MR) is 92.0 cm³/mol. The molecule has 0 aliphatic heterocycles. The Morgan fingerprint density at radius 3 is 2.43 bits per heavy atom. The first kappa shape index (κ1) is 15.6. The van der Waals surface area contributed by atoms with Crippen LogP contribution in [-0.4, -0.2) is 20.1 Å². The summed E-state index contributed by atoms with van der Waals surface area (Å²) in [7, 11) is 2.01. The third kappa shape index (κ3) is 4.33. The van der Waals surface area contributed by atoms with Gasteiger partial charge >= 0.3 is 0 Å². The Kier molecular flexibility index (Phi) is 5.82. The maximum absolute atomic E-state index is 3.24. The van der Waals surface area contributed by atoms with E-state index in [0.717, 1.165) is 26.1 Å². The zero-order chi connectivity index (χ0) is 15.1. The van der Waals surface area contributed by atoms with Crippen LogP contribution in [0.3, 0.4) is 0 Å². The molecular weight excluding hydrogens is 256 g/mol. The molecule has 0 spiro atoms. The number of anilines is 1. The molecule has 112 valence electrons. The largest absolute Gasteiger partial charge is 0.367 e. The van der Waals surface area contributed by atoms with Gasteiger partial charge in [0.15, 0.2) is 0 Å². The van der Waals surface area contributed by atoms with Crippen molar-refractivity contribution in [2.24, 2.45) is 0 Å². The molecule has 0 unspecified atom stereocenters. The van der Waals surface area contributed by atoms with Crippen molar-refractivity contribution in [3.8, 4) is 0 Å². The molecule has 2 nitrogen and oxygen atoms in total. The van der Waals surface area contributed by atoms with Gasteiger partial charge in [0.25, 0.3) is 0 Å². The van der Waals surface area contributed by atoms with Crippen molar-refractivity contribution in [3.63, 3.8) is 0 Å². The van der Waals surface area contributed by atoms with Gasteiger partial charge in [-0.3, -0.25) is 0 Å². The highest BCUT2D eigenvalue weighted by Gasteiger charge is 2.08. The third-order valence-corrected chi connectivity index (χ3v) is 3.87. The fourth-order valence-corrected chi connectivity index (χ4v) is 2.63. The lowest BCUT2D eigenvalue weighted by atomic mass is 10.0. The topological polar surface area (TPSA) is 15.3 Å². The van der Waals surface area contributed by atoms with E-state index in [4.69, 9.17) is 0 Å². The molecule has 2 aromatic rings. The van der Waals surface area contributed by atoms with E-state index in [1.807, 2.05) is 7.05 Å². The van der Waals surface area contributed by atoms with Crippen LogP contribution in [0, 0.1) is 6.92 Å². The van der Waals surface area contributed by atoms with Crippen LogP contribution in [0.4, 0.5) is 5.69 Å². The summed E-state index contributed by atoms with van der Waals surface area (Å²) in [5.41, 5.74) is 5.49. The Balaban J connectivity index is 2.18. The van der Waals surface area contributed by atoms with Gasteiger partial charge in [0, 0.05) is 18.8 Å². The van der Waals surface area contributed by atoms with Gasteiger partial charge in [-0.25, -0.2) is 0 Å². The molecule has 0 aliphatic rings. The molecule has 2 aromatic carbocycles. The van der Waals surface area contributed by atoms with Crippen molar-refractivity contribution >= 4 is 5.69 Å². The molecule has 2 heteroatoms. The predicted octanol–water partition coefficient (Wildman–Crippen LogP) is 3.78. The van der Waals surface area contributed by atoms with E-state index in [1.165, 1.54) is 22.4 Å². The first-order valence-electron chi connectivity index (χ1n) is 7.77. The van der Waals surface area contributed by atoms with E-state index >= 15 is 0 Å². The highest BCUT2D eigenvalue weighted by molar-refractivity contribution is 5.49. The highest BCUT2D eigenvalue weighted by Crippen LogP contribution is 2.20. The summed E-state index contributed by atoms with van der Waals surface area (Å²) in [5, 5.41) is 3.24. The molecule has 0 saturated heterocycles. The van der Waals surface area contributed by atoms with E-state index < -0.39 is 0 Å². The molecule has 0 heterocycles. The van der Waals surface area contributed by atoms with Gasteiger partial charge in [-0.2, -0.15) is 0 Å². The fourth-order valence-electron chi connectivity index (χ4n) is 2.63. The minimum atomic E-state index is 0.972. The third-order valence-electron chi connectivity index (χ3n) is 3.87. The highest BCUT2D eigenvalue weighted by atomic mass is 15.1. The smallest absolute Gasteiger partial charge is 0.0432 e. The second-order valence-corrected chi connectivity index (χ2v) is 5.48. The Morgan fingerprint density at radius 1 is 1.00 bits per heavy atom. The lowest BCUT2D eigenvalue weighted by molar-refractivity contribution is 0.771. The molecular formula is C19H26N2. The Hall–Kier alpha value is -1.80. The number of hydrogen-bond acceptors (Lipinski definition) is 2. The first-order valence-corrected chi connectivity index (χ1v) is 7.77. The second-order valence-electron chi connectivity index (χ2n) is 5.48. The van der Waals surface area contributed by atoms with Gasteiger partial charge < -0.3 is 10.2 Å². The zero-order valence-electron chi connectivity index (χ0n) is 13.4. The molecule has 0 fully saturated rings. The molecule has 2 rings (SSSR count). The molecule has 21 heavy (non-hydrogen) atoms. The molecule has 0 bridgehead atoms. The average Bonchev–Trinajstić information content (AvgIpc) is 2.51. The van der Waals surface area contributed by atoms with E-state index in [2.05, 4.69) is 72.6 Å². The number of hydrogen-bond donors (Lipinski definition) is 1. The van der Waals surface area contributed by atoms with E-state index in [-0.39, 0.29) is 0 Å². The Bertz CT molecular complexity index is 563. The monoisotopic (exact) mass is 282 g/mol. The van der Waals surface area contributed by atoms with E-state index in [0.29, 0.717) is 0 Å². The van der Waals surface area contributed by atoms with Crippen LogP contribution in [-0.2, 0) is 13.0 Å². The maximum atomic E-state index is 3.24. The van der Waals surface area contributed by atoms with Crippen LogP contribution in [0.1, 0.15) is 23.6 Å². The van der Waals surface area contributed by atoms with Crippen molar-refractivity contribution in [3.05, 3.63) is 65.2 Å². The Morgan fingerprint density at radius 2 is 1.76 bits per heavy atom. The van der Waals surface area contributed by atoms with Crippen molar-refractivity contribution in [2.75, 3.05) is 25.0 Å². The lowest BCUT2D eigenvalue weighted by Crippen LogP contribution is -2.23. The summed E-state index contributed by atoms with van der Waals surface area (Å²) < 4.78 is 0. The van der Waals surface area contributed by atoms with Gasteiger partial charge in [-0.05, 0) is 62.7 Å². The number of nitrogens with zero attached hydrogens (tertiary/aromatic N) is 1. The van der Waals surface area contributed by atoms with Crippen LogP contribution in [0.15, 0.2) is 48.5 Å². The molecule has 1 N–H and O–H groups in total. The number of aryl methyl sites for hydroxylation is 1. The molecule has 0 atom stereocenters. The van der Waals surface area contributed by atoms with Crippen molar-refractivity contribution in [1.82, 2.24) is 5.32 Å². The Labute approximate surface area is 128 Å². The van der Waals surface area contributed by atoms with Crippen molar-refractivity contribution in [2.45, 2.75) is 26.8 Å². The van der Waals surface area contributed by atoms with E-state index in [1.54, 1.807) is 0 Å². The van der Waals surface area contributed by atoms with Gasteiger partial charge in [-0.15, -0.1) is 0 Å². The number of rotatable bonds is 7. The average molecular weight is 282 g/mol. The summed E-state index contributed by atoms with van der Waals surface area (Å²) in [4.78, 5) is 2.44. The minimum absolute atomic E-state index is 0.972. The van der Waals surface area contributed by atoms with E-state index in [9.17, 15) is 0 Å². The molecule has 0 aliphatic carbocycles. The summed E-state index contributed by atoms with van der Waals surface area (Å²) in [5.74, 6) is 0. The maximum Gasteiger partial charge on any atom is 0.0432 e. The minimum Gasteiger partial charge on any atom is -0.367 e. The number of benzene rings is 2. The summed E-state index contributed by atoms with van der Waals surface area (Å²) in [6.45, 7) is 7.38. The van der Waals surface area contributed by atoms with Crippen LogP contribution in [0.2, 0.25) is 0 Å². The van der Waals surface area contributed by atoms with Crippen molar-refractivity contribution in [1.29, 1.82) is 0 Å². The van der Waals surface area contributed by atoms with Gasteiger partial charge in [0.1, 0.15) is 0 Å². The first-order chi connectivity index (χ1) is 10.2. The molecule has 0 aromatic heterocycles. The summed E-state index contributed by atoms with van der Waals surface area (Å²) in [6, 6.07) is 17.5. The number of likely N-dealkylation sites (N-methyl/N-ethyl adjacent to an activating group) is 1. The van der Waals surface area contributed by atoms with Crippen molar-refractivity contribution < 1.29 is 0 Å². The zero-order valence-corrected chi connectivity index (χ0v) is 13.4. The molecule has 0 saturated carbocycles. The quantitative estimate of drug-likeness (QED) is 0.831. The SMILES string of the molecule is CCN(Cc1ccccc1CCNC)c1cccc(C)c1. The lowest BCUT2D eigenvalue weighted by Gasteiger charge is -2.25. The molecule has 0 amide bonds. The van der Waals surface area contributed by atoms with Gasteiger partial charge in [0.05, 0.1) is 0 Å². The van der Waals surface area contributed by atoms with Gasteiger partial charge in [-0.1, -0.05) is 36.4 Å². The van der Waals surface area contributed by atoms with Crippen LogP contribution >= 0.6 is 0 Å². The van der Waals surface area contributed by atoms with Crippen LogP contribution in [0.25, 0.3) is 0 Å². The summed E-state index contributed by atoms with van der Waals surface area (Å²) >= 11 is 0. The normalized spacial score (nSPS) is 10.6. The van der Waals surface area contributed by atoms with Crippen LogP contribution in [0.5, 0.6) is 0 Å². The standard InChI is InChI=1S/C19H26N2/c1-4-21(19-11-7-8-16(2)14-19)15-18-10-6-5-9-17(18)12-13-20-3/h5-11,14,20H,4,12-13,15H2,1-3H3. The van der Waals surface area contributed by atoms with Gasteiger partial charge in [0.2, 0.25) is 0 Å². The number of nitrogens with one attached hydrogen (secondary N) is 1. The van der Waals surface area contributed by atoms with Crippen LogP contribution < -0.4 is 10.2 Å². The fraction of sp³-hybridized carbons (Fsp3) is 0.368. The second kappa shape index (κ2) is 7.84. The molecule has 0 radical (unpaired) electrons. The summed E-state index contributed by atoms with van der Waals surface area (Å²) in [6.07, 6.45) is 1.08.